The van der Waals surface area contributed by atoms with Gasteiger partial charge in [-0.25, -0.2) is 4.39 Å². The van der Waals surface area contributed by atoms with Gasteiger partial charge in [0.1, 0.15) is 17.6 Å². The molecule has 0 radical (unpaired) electrons. The van der Waals surface area contributed by atoms with Crippen molar-refractivity contribution in [1.29, 1.82) is 0 Å². The Morgan fingerprint density at radius 3 is 2.12 bits per heavy atom. The van der Waals surface area contributed by atoms with Crippen LogP contribution in [0, 0.1) is 12.7 Å². The fraction of sp³-hybridized carbons (Fsp3) is 0.160. The molecule has 6 nitrogen and oxygen atoms in total. The molecule has 2 atom stereocenters. The molecule has 0 aliphatic carbocycles. The number of halogens is 1. The predicted octanol–water partition coefficient (Wildman–Crippen LogP) is 3.90. The van der Waals surface area contributed by atoms with Crippen molar-refractivity contribution in [2.45, 2.75) is 19.0 Å². The van der Waals surface area contributed by atoms with Crippen molar-refractivity contribution in [3.63, 3.8) is 0 Å². The number of methoxy groups -OCH3 is 1. The van der Waals surface area contributed by atoms with E-state index in [1.165, 1.54) is 18.1 Å². The van der Waals surface area contributed by atoms with Crippen LogP contribution in [0.4, 0.5) is 10.1 Å². The van der Waals surface area contributed by atoms with Gasteiger partial charge < -0.3 is 9.64 Å². The van der Waals surface area contributed by atoms with Gasteiger partial charge in [0.2, 0.25) is 0 Å². The molecular weight excluding hydrogens is 411 g/mol. The van der Waals surface area contributed by atoms with Crippen molar-refractivity contribution in [1.82, 2.24) is 4.90 Å². The van der Waals surface area contributed by atoms with Crippen molar-refractivity contribution in [2.24, 2.45) is 0 Å². The minimum Gasteiger partial charge on any atom is -0.497 e. The van der Waals surface area contributed by atoms with Crippen LogP contribution in [-0.4, -0.2) is 35.8 Å². The van der Waals surface area contributed by atoms with Gasteiger partial charge in [-0.05, 0) is 54.4 Å². The molecule has 1 saturated heterocycles. The van der Waals surface area contributed by atoms with Crippen molar-refractivity contribution in [3.8, 4) is 5.75 Å². The maximum absolute atomic E-state index is 14.3. The Balaban J connectivity index is 1.61. The Morgan fingerprint density at radius 2 is 1.50 bits per heavy atom. The first-order valence-electron chi connectivity index (χ1n) is 10.1. The van der Waals surface area contributed by atoms with Crippen LogP contribution in [0.5, 0.6) is 5.75 Å². The summed E-state index contributed by atoms with van der Waals surface area (Å²) in [6.07, 6.45) is 0. The summed E-state index contributed by atoms with van der Waals surface area (Å²) in [6.45, 7) is 1.64. The highest BCUT2D eigenvalue weighted by molar-refractivity contribution is 6.24. The highest BCUT2D eigenvalue weighted by Crippen LogP contribution is 2.45. The van der Waals surface area contributed by atoms with Crippen LogP contribution < -0.4 is 9.64 Å². The van der Waals surface area contributed by atoms with E-state index >= 15 is 0 Å². The number of aryl methyl sites for hydroxylation is 1. The number of hydrogen-bond acceptors (Lipinski definition) is 4. The van der Waals surface area contributed by atoms with Gasteiger partial charge in [0, 0.05) is 5.69 Å². The van der Waals surface area contributed by atoms with Crippen molar-refractivity contribution in [3.05, 3.63) is 94.8 Å². The molecule has 0 spiro atoms. The molecule has 3 aromatic carbocycles. The highest BCUT2D eigenvalue weighted by atomic mass is 19.1. The maximum Gasteiger partial charge on any atom is 0.262 e. The number of nitrogens with zero attached hydrogens (tertiary/aromatic N) is 2. The highest BCUT2D eigenvalue weighted by Gasteiger charge is 2.57. The number of carbonyl (C=O) groups is 3. The Labute approximate surface area is 183 Å². The second-order valence-corrected chi connectivity index (χ2v) is 7.83. The van der Waals surface area contributed by atoms with E-state index in [2.05, 4.69) is 0 Å². The van der Waals surface area contributed by atoms with E-state index in [1.54, 1.807) is 67.6 Å². The molecule has 2 aliphatic rings. The topological polar surface area (TPSA) is 66.9 Å². The SMILES string of the molecule is COc1cccc([C@@H]2[C@@H](N3C(=O)c4ccccc4C3=O)C(=O)N2c2ccc(C)c(F)c2)c1. The van der Waals surface area contributed by atoms with Gasteiger partial charge >= 0.3 is 0 Å². The predicted molar refractivity (Wildman–Crippen MR) is 115 cm³/mol. The largest absolute Gasteiger partial charge is 0.497 e. The van der Waals surface area contributed by atoms with Gasteiger partial charge in [0.25, 0.3) is 17.7 Å². The number of anilines is 1. The lowest BCUT2D eigenvalue weighted by atomic mass is 9.86. The quantitative estimate of drug-likeness (QED) is 0.465. The monoisotopic (exact) mass is 430 g/mol. The molecule has 160 valence electrons. The Morgan fingerprint density at radius 1 is 0.812 bits per heavy atom. The molecule has 2 aliphatic heterocycles. The van der Waals surface area contributed by atoms with E-state index in [4.69, 9.17) is 4.74 Å². The number of ether oxygens (including phenoxy) is 1. The lowest BCUT2D eigenvalue weighted by Crippen LogP contribution is -2.67. The summed E-state index contributed by atoms with van der Waals surface area (Å²) >= 11 is 0. The second kappa shape index (κ2) is 7.30. The fourth-order valence-electron chi connectivity index (χ4n) is 4.36. The summed E-state index contributed by atoms with van der Waals surface area (Å²) in [5.41, 5.74) is 2.03. The average molecular weight is 430 g/mol. The van der Waals surface area contributed by atoms with Gasteiger partial charge in [-0.2, -0.15) is 0 Å². The third-order valence-electron chi connectivity index (χ3n) is 6.04. The number of rotatable bonds is 4. The summed E-state index contributed by atoms with van der Waals surface area (Å²) in [5.74, 6) is -1.34. The van der Waals surface area contributed by atoms with Crippen LogP contribution in [0.1, 0.15) is 37.9 Å². The number of imide groups is 1. The number of carbonyl (C=O) groups excluding carboxylic acids is 3. The zero-order chi connectivity index (χ0) is 22.6. The number of β-lactam (4-membered cyclic amide) rings is 1. The minimum absolute atomic E-state index is 0.273. The molecule has 3 aromatic rings. The summed E-state index contributed by atoms with van der Waals surface area (Å²) in [4.78, 5) is 42.0. The molecule has 5 rings (SSSR count). The first-order valence-corrected chi connectivity index (χ1v) is 10.1. The summed E-state index contributed by atoms with van der Waals surface area (Å²) in [5, 5.41) is 0. The first kappa shape index (κ1) is 19.9. The van der Waals surface area contributed by atoms with E-state index in [0.717, 1.165) is 4.90 Å². The standard InChI is InChI=1S/C25H19FN2O4/c1-14-10-11-16(13-20(14)26)27-21(15-6-5-7-17(12-15)32-2)22(25(27)31)28-23(29)18-8-3-4-9-19(18)24(28)30/h3-13,21-22H,1-2H3/t21-,22-/m1/s1. The molecule has 32 heavy (non-hydrogen) atoms. The van der Waals surface area contributed by atoms with Crippen LogP contribution in [0.25, 0.3) is 0 Å². The van der Waals surface area contributed by atoms with Crippen molar-refractivity contribution in [2.75, 3.05) is 12.0 Å². The van der Waals surface area contributed by atoms with Gasteiger partial charge in [-0.3, -0.25) is 19.3 Å². The summed E-state index contributed by atoms with van der Waals surface area (Å²) in [7, 11) is 1.53. The van der Waals surface area contributed by atoms with Gasteiger partial charge in [-0.15, -0.1) is 0 Å². The van der Waals surface area contributed by atoms with Crippen molar-refractivity contribution < 1.29 is 23.5 Å². The van der Waals surface area contributed by atoms with E-state index in [0.29, 0.717) is 22.6 Å². The maximum atomic E-state index is 14.3. The van der Waals surface area contributed by atoms with Crippen LogP contribution in [-0.2, 0) is 4.79 Å². The molecule has 0 saturated carbocycles. The minimum atomic E-state index is -1.04. The van der Waals surface area contributed by atoms with Crippen LogP contribution >= 0.6 is 0 Å². The normalized spacial score (nSPS) is 19.8. The lowest BCUT2D eigenvalue weighted by molar-refractivity contribution is -0.130. The number of hydrogen-bond donors (Lipinski definition) is 0. The van der Waals surface area contributed by atoms with Crippen LogP contribution in [0.3, 0.4) is 0 Å². The van der Waals surface area contributed by atoms with Crippen LogP contribution in [0.15, 0.2) is 66.7 Å². The fourth-order valence-corrected chi connectivity index (χ4v) is 4.36. The third kappa shape index (κ3) is 2.81. The third-order valence-corrected chi connectivity index (χ3v) is 6.04. The molecule has 2 heterocycles. The molecule has 3 amide bonds. The zero-order valence-corrected chi connectivity index (χ0v) is 17.4. The Hall–Kier alpha value is -4.00. The number of amides is 3. The zero-order valence-electron chi connectivity index (χ0n) is 17.4. The Bertz CT molecular complexity index is 1250. The molecular formula is C25H19FN2O4. The van der Waals surface area contributed by atoms with E-state index in [-0.39, 0.29) is 11.1 Å². The first-order chi connectivity index (χ1) is 15.4. The molecule has 0 N–H and O–H groups in total. The molecule has 7 heteroatoms. The van der Waals surface area contributed by atoms with E-state index in [9.17, 15) is 18.8 Å². The molecule has 0 aromatic heterocycles. The second-order valence-electron chi connectivity index (χ2n) is 7.83. The summed E-state index contributed by atoms with van der Waals surface area (Å²) in [6, 6.07) is 16.4. The molecule has 0 unspecified atom stereocenters. The molecule has 0 bridgehead atoms. The smallest absolute Gasteiger partial charge is 0.262 e. The van der Waals surface area contributed by atoms with Crippen LogP contribution in [0.2, 0.25) is 0 Å². The van der Waals surface area contributed by atoms with E-state index in [1.807, 2.05) is 0 Å². The average Bonchev–Trinajstić information content (AvgIpc) is 3.05. The van der Waals surface area contributed by atoms with E-state index < -0.39 is 35.6 Å². The summed E-state index contributed by atoms with van der Waals surface area (Å²) < 4.78 is 19.6. The number of fused-ring (bicyclic) bond motifs is 1. The lowest BCUT2D eigenvalue weighted by Gasteiger charge is -2.49. The number of benzene rings is 3. The van der Waals surface area contributed by atoms with Crippen molar-refractivity contribution >= 4 is 23.4 Å². The molecule has 1 fully saturated rings. The van der Waals surface area contributed by atoms with Gasteiger partial charge in [0.05, 0.1) is 24.3 Å². The Kier molecular flexibility index (Phi) is 4.55. The van der Waals surface area contributed by atoms with Gasteiger partial charge in [0.15, 0.2) is 0 Å². The van der Waals surface area contributed by atoms with Gasteiger partial charge in [-0.1, -0.05) is 30.3 Å².